The number of aliphatic imine (C=N–C) groups is 1. The van der Waals surface area contributed by atoms with E-state index in [1.54, 1.807) is 11.3 Å². The molecular weight excluding hydrogens is 485 g/mol. The first kappa shape index (κ1) is 25.2. The molecule has 0 saturated carbocycles. The van der Waals surface area contributed by atoms with Crippen LogP contribution in [0.1, 0.15) is 44.5 Å². The number of thiophene rings is 1. The summed E-state index contributed by atoms with van der Waals surface area (Å²) >= 11 is 1.81. The van der Waals surface area contributed by atoms with Gasteiger partial charge in [0.2, 0.25) is 5.91 Å². The molecule has 1 aliphatic rings. The van der Waals surface area contributed by atoms with Crippen LogP contribution in [0.3, 0.4) is 0 Å². The summed E-state index contributed by atoms with van der Waals surface area (Å²) in [7, 11) is 1.94. The van der Waals surface area contributed by atoms with Gasteiger partial charge in [-0.05, 0) is 58.1 Å². The average molecular weight is 522 g/mol. The molecule has 1 N–H and O–H groups in total. The van der Waals surface area contributed by atoms with Crippen molar-refractivity contribution in [3.8, 4) is 0 Å². The second kappa shape index (κ2) is 13.4. The Balaban J connectivity index is 0.00000392. The summed E-state index contributed by atoms with van der Waals surface area (Å²) in [5, 5.41) is 5.49. The van der Waals surface area contributed by atoms with E-state index in [9.17, 15) is 4.79 Å². The predicted octanol–water partition coefficient (Wildman–Crippen LogP) is 3.27. The van der Waals surface area contributed by atoms with Gasteiger partial charge in [0.1, 0.15) is 0 Å². The van der Waals surface area contributed by atoms with Crippen LogP contribution in [0.5, 0.6) is 0 Å². The van der Waals surface area contributed by atoms with Crippen LogP contribution in [0.4, 0.5) is 0 Å². The monoisotopic (exact) mass is 521 g/mol. The molecule has 0 radical (unpaired) electrons. The number of guanidine groups is 1. The van der Waals surface area contributed by atoms with Gasteiger partial charge in [-0.15, -0.1) is 35.3 Å². The predicted molar refractivity (Wildman–Crippen MR) is 130 cm³/mol. The number of hydrogen-bond acceptors (Lipinski definition) is 4. The van der Waals surface area contributed by atoms with Crippen LogP contribution in [-0.4, -0.2) is 79.4 Å². The standard InChI is InChI=1S/C20H35N5OS.HI/c1-5-21-20(23(4)16-19(26)24(6-2)7-3)22-15-17(18-11-10-14-27-18)25-12-8-9-13-25;/h10-11,14,17H,5-9,12-13,15-16H2,1-4H3,(H,21,22);1H. The normalized spacial score (nSPS) is 15.8. The Kier molecular flexibility index (Phi) is 12.0. The number of amides is 1. The molecule has 1 aromatic heterocycles. The quantitative estimate of drug-likeness (QED) is 0.308. The van der Waals surface area contributed by atoms with Crippen LogP contribution < -0.4 is 5.32 Å². The zero-order chi connectivity index (χ0) is 19.6. The van der Waals surface area contributed by atoms with E-state index in [-0.39, 0.29) is 29.9 Å². The smallest absolute Gasteiger partial charge is 0.242 e. The Bertz CT molecular complexity index is 585. The molecule has 0 spiro atoms. The number of rotatable bonds is 9. The van der Waals surface area contributed by atoms with Crippen molar-refractivity contribution in [3.05, 3.63) is 22.4 Å². The highest BCUT2D eigenvalue weighted by molar-refractivity contribution is 14.0. The topological polar surface area (TPSA) is 51.2 Å². The molecule has 1 fully saturated rings. The Morgan fingerprint density at radius 2 is 1.96 bits per heavy atom. The molecule has 1 aliphatic heterocycles. The zero-order valence-electron chi connectivity index (χ0n) is 17.7. The second-order valence-electron chi connectivity index (χ2n) is 6.89. The van der Waals surface area contributed by atoms with Crippen LogP contribution in [0.2, 0.25) is 0 Å². The Morgan fingerprint density at radius 3 is 2.50 bits per heavy atom. The number of carbonyl (C=O) groups is 1. The van der Waals surface area contributed by atoms with Gasteiger partial charge in [-0.2, -0.15) is 0 Å². The lowest BCUT2D eigenvalue weighted by Gasteiger charge is -2.28. The van der Waals surface area contributed by atoms with E-state index >= 15 is 0 Å². The Hall–Kier alpha value is -0.870. The second-order valence-corrected chi connectivity index (χ2v) is 7.87. The molecule has 1 unspecified atom stereocenters. The van der Waals surface area contributed by atoms with Crippen molar-refractivity contribution < 1.29 is 4.79 Å². The molecular formula is C20H36IN5OS. The van der Waals surface area contributed by atoms with Crippen molar-refractivity contribution in [2.75, 3.05) is 52.9 Å². The van der Waals surface area contributed by atoms with E-state index < -0.39 is 0 Å². The van der Waals surface area contributed by atoms with E-state index in [1.165, 1.54) is 17.7 Å². The van der Waals surface area contributed by atoms with E-state index in [2.05, 4.69) is 34.7 Å². The van der Waals surface area contributed by atoms with Crippen molar-refractivity contribution in [1.29, 1.82) is 0 Å². The summed E-state index contributed by atoms with van der Waals surface area (Å²) in [6.45, 7) is 11.7. The Morgan fingerprint density at radius 1 is 1.29 bits per heavy atom. The van der Waals surface area contributed by atoms with Crippen LogP contribution in [0.25, 0.3) is 0 Å². The molecule has 0 aliphatic carbocycles. The lowest BCUT2D eigenvalue weighted by atomic mass is 10.2. The summed E-state index contributed by atoms with van der Waals surface area (Å²) in [5.74, 6) is 0.946. The number of hydrogen-bond donors (Lipinski definition) is 1. The third-order valence-corrected chi connectivity index (χ3v) is 6.03. The lowest BCUT2D eigenvalue weighted by Crippen LogP contribution is -2.46. The first-order chi connectivity index (χ1) is 13.1. The average Bonchev–Trinajstić information content (AvgIpc) is 3.36. The van der Waals surface area contributed by atoms with Gasteiger partial charge in [0.25, 0.3) is 0 Å². The summed E-state index contributed by atoms with van der Waals surface area (Å²) in [5.41, 5.74) is 0. The minimum atomic E-state index is 0. The summed E-state index contributed by atoms with van der Waals surface area (Å²) in [6, 6.07) is 4.66. The van der Waals surface area contributed by atoms with Crippen LogP contribution in [0.15, 0.2) is 22.5 Å². The van der Waals surface area contributed by atoms with Gasteiger partial charge in [-0.3, -0.25) is 14.7 Å². The number of carbonyl (C=O) groups excluding carboxylic acids is 1. The van der Waals surface area contributed by atoms with E-state index in [0.29, 0.717) is 19.1 Å². The van der Waals surface area contributed by atoms with Crippen LogP contribution in [0, 0.1) is 0 Å². The minimum Gasteiger partial charge on any atom is -0.357 e. The van der Waals surface area contributed by atoms with Gasteiger partial charge < -0.3 is 15.1 Å². The highest BCUT2D eigenvalue weighted by Crippen LogP contribution is 2.28. The summed E-state index contributed by atoms with van der Waals surface area (Å²) < 4.78 is 0. The molecule has 2 rings (SSSR count). The first-order valence-electron chi connectivity index (χ1n) is 10.1. The maximum Gasteiger partial charge on any atom is 0.242 e. The molecule has 1 amide bonds. The molecule has 1 aromatic rings. The van der Waals surface area contributed by atoms with E-state index in [1.807, 2.05) is 30.7 Å². The van der Waals surface area contributed by atoms with Crippen molar-refractivity contribution in [3.63, 3.8) is 0 Å². The van der Waals surface area contributed by atoms with E-state index in [0.717, 1.165) is 38.7 Å². The number of likely N-dealkylation sites (N-methyl/N-ethyl adjacent to an activating group) is 2. The molecule has 0 aromatic carbocycles. The van der Waals surface area contributed by atoms with Crippen molar-refractivity contribution in [2.45, 2.75) is 39.7 Å². The van der Waals surface area contributed by atoms with Crippen LogP contribution in [-0.2, 0) is 4.79 Å². The fourth-order valence-electron chi connectivity index (χ4n) is 3.52. The van der Waals surface area contributed by atoms with Gasteiger partial charge in [0.15, 0.2) is 5.96 Å². The molecule has 6 nitrogen and oxygen atoms in total. The van der Waals surface area contributed by atoms with Crippen molar-refractivity contribution in [2.24, 2.45) is 4.99 Å². The minimum absolute atomic E-state index is 0. The third-order valence-electron chi connectivity index (χ3n) is 5.05. The Labute approximate surface area is 191 Å². The maximum atomic E-state index is 12.5. The molecule has 1 saturated heterocycles. The molecule has 8 heteroatoms. The number of nitrogens with one attached hydrogen (secondary N) is 1. The molecule has 2 heterocycles. The van der Waals surface area contributed by atoms with Crippen molar-refractivity contribution in [1.82, 2.24) is 20.0 Å². The summed E-state index contributed by atoms with van der Waals surface area (Å²) in [4.78, 5) is 25.1. The molecule has 1 atom stereocenters. The van der Waals surface area contributed by atoms with Crippen molar-refractivity contribution >= 4 is 47.2 Å². The highest BCUT2D eigenvalue weighted by atomic mass is 127. The molecule has 28 heavy (non-hydrogen) atoms. The van der Waals surface area contributed by atoms with Crippen LogP contribution >= 0.6 is 35.3 Å². The fraction of sp³-hybridized carbons (Fsp3) is 0.700. The van der Waals surface area contributed by atoms with Gasteiger partial charge >= 0.3 is 0 Å². The van der Waals surface area contributed by atoms with Gasteiger partial charge in [-0.25, -0.2) is 0 Å². The SMILES string of the molecule is CCNC(=NCC(c1cccs1)N1CCCC1)N(C)CC(=O)N(CC)CC.I. The fourth-order valence-corrected chi connectivity index (χ4v) is 4.37. The summed E-state index contributed by atoms with van der Waals surface area (Å²) in [6.07, 6.45) is 2.54. The zero-order valence-corrected chi connectivity index (χ0v) is 20.8. The van der Waals surface area contributed by atoms with Gasteiger partial charge in [0, 0.05) is 31.6 Å². The maximum absolute atomic E-state index is 12.5. The largest absolute Gasteiger partial charge is 0.357 e. The number of halogens is 1. The molecule has 0 bridgehead atoms. The number of likely N-dealkylation sites (tertiary alicyclic amines) is 1. The van der Waals surface area contributed by atoms with Gasteiger partial charge in [-0.1, -0.05) is 6.07 Å². The first-order valence-corrected chi connectivity index (χ1v) is 11.0. The van der Waals surface area contributed by atoms with E-state index in [4.69, 9.17) is 4.99 Å². The lowest BCUT2D eigenvalue weighted by molar-refractivity contribution is -0.131. The highest BCUT2D eigenvalue weighted by Gasteiger charge is 2.24. The third kappa shape index (κ3) is 7.18. The number of nitrogens with zero attached hydrogens (tertiary/aromatic N) is 4. The van der Waals surface area contributed by atoms with Gasteiger partial charge in [0.05, 0.1) is 19.1 Å². The molecule has 160 valence electrons.